The highest BCUT2D eigenvalue weighted by Gasteiger charge is 2.18. The Balaban J connectivity index is 1.68. The van der Waals surface area contributed by atoms with Crippen molar-refractivity contribution in [1.29, 1.82) is 0 Å². The summed E-state index contributed by atoms with van der Waals surface area (Å²) in [5.41, 5.74) is 3.27. The van der Waals surface area contributed by atoms with E-state index in [2.05, 4.69) is 26.9 Å². The summed E-state index contributed by atoms with van der Waals surface area (Å²) >= 11 is 0. The summed E-state index contributed by atoms with van der Waals surface area (Å²) in [5, 5.41) is 3.83. The lowest BCUT2D eigenvalue weighted by atomic mass is 10.1. The van der Waals surface area contributed by atoms with Crippen LogP contribution in [-0.2, 0) is 4.74 Å². The molecule has 2 aliphatic rings. The Hall–Kier alpha value is -2.19. The Morgan fingerprint density at radius 1 is 1.48 bits per heavy atom. The van der Waals surface area contributed by atoms with Crippen molar-refractivity contribution in [3.05, 3.63) is 29.1 Å². The second kappa shape index (κ2) is 7.38. The number of nitrogens with two attached hydrogens (primary N) is 1. The second-order valence-corrected chi connectivity index (χ2v) is 6.08. The zero-order chi connectivity index (χ0) is 16.1. The second-order valence-electron chi connectivity index (χ2n) is 6.08. The fraction of sp³-hybridized carbons (Fsp3) is 0.500. The van der Waals surface area contributed by atoms with Gasteiger partial charge in [-0.3, -0.25) is 9.98 Å². The normalized spacial score (nSPS) is 21.4. The van der Waals surface area contributed by atoms with Gasteiger partial charge in [-0.05, 0) is 44.2 Å². The molecule has 1 saturated carbocycles. The number of hydrazone groups is 1. The van der Waals surface area contributed by atoms with Gasteiger partial charge in [0.2, 0.25) is 0 Å². The number of hydrogen-bond donors (Lipinski definition) is 1. The first-order chi connectivity index (χ1) is 11.3. The van der Waals surface area contributed by atoms with Gasteiger partial charge >= 0.3 is 0 Å². The SMILES string of the molecule is Cc1cc(C#CC2CC2)cnc1/C(C=NCC1CCCO1)=N/N. The van der Waals surface area contributed by atoms with E-state index < -0.39 is 0 Å². The number of aliphatic imine (C=N–C) groups is 1. The first-order valence-electron chi connectivity index (χ1n) is 8.14. The lowest BCUT2D eigenvalue weighted by Crippen LogP contribution is -2.14. The Labute approximate surface area is 137 Å². The van der Waals surface area contributed by atoms with Gasteiger partial charge in [0.15, 0.2) is 0 Å². The van der Waals surface area contributed by atoms with Crippen LogP contribution in [0.2, 0.25) is 0 Å². The summed E-state index contributed by atoms with van der Waals surface area (Å²) < 4.78 is 5.55. The molecule has 0 bridgehead atoms. The van der Waals surface area contributed by atoms with Crippen molar-refractivity contribution in [2.45, 2.75) is 38.7 Å². The van der Waals surface area contributed by atoms with Gasteiger partial charge in [-0.25, -0.2) is 0 Å². The van der Waals surface area contributed by atoms with Crippen LogP contribution in [0.4, 0.5) is 0 Å². The molecular weight excluding hydrogens is 288 g/mol. The zero-order valence-electron chi connectivity index (χ0n) is 13.5. The summed E-state index contributed by atoms with van der Waals surface area (Å²) in [6.07, 6.45) is 8.31. The minimum absolute atomic E-state index is 0.222. The molecule has 1 aliphatic heterocycles. The predicted molar refractivity (Wildman–Crippen MR) is 91.6 cm³/mol. The lowest BCUT2D eigenvalue weighted by molar-refractivity contribution is 0.118. The van der Waals surface area contributed by atoms with Crippen LogP contribution in [0.1, 0.15) is 42.5 Å². The van der Waals surface area contributed by atoms with Crippen LogP contribution in [0.5, 0.6) is 0 Å². The molecule has 5 heteroatoms. The topological polar surface area (TPSA) is 72.9 Å². The molecule has 1 atom stereocenters. The lowest BCUT2D eigenvalue weighted by Gasteiger charge is -2.06. The van der Waals surface area contributed by atoms with Crippen LogP contribution in [0.25, 0.3) is 0 Å². The number of ether oxygens (including phenoxy) is 1. The summed E-state index contributed by atoms with van der Waals surface area (Å²) in [7, 11) is 0. The molecule has 0 spiro atoms. The van der Waals surface area contributed by atoms with Crippen molar-refractivity contribution in [2.75, 3.05) is 13.2 Å². The van der Waals surface area contributed by atoms with Gasteiger partial charge in [-0.1, -0.05) is 11.8 Å². The van der Waals surface area contributed by atoms with E-state index in [0.29, 0.717) is 18.2 Å². The molecule has 5 nitrogen and oxygen atoms in total. The average molecular weight is 310 g/mol. The van der Waals surface area contributed by atoms with E-state index >= 15 is 0 Å². The molecule has 0 aromatic carbocycles. The van der Waals surface area contributed by atoms with E-state index in [4.69, 9.17) is 10.6 Å². The number of aryl methyl sites for hydroxylation is 1. The Kier molecular flexibility index (Phi) is 5.04. The molecule has 120 valence electrons. The number of pyridine rings is 1. The quantitative estimate of drug-likeness (QED) is 0.400. The monoisotopic (exact) mass is 310 g/mol. The van der Waals surface area contributed by atoms with Crippen molar-refractivity contribution < 1.29 is 4.74 Å². The minimum atomic E-state index is 0.222. The maximum atomic E-state index is 5.55. The molecule has 1 unspecified atom stereocenters. The van der Waals surface area contributed by atoms with Crippen LogP contribution in [0, 0.1) is 24.7 Å². The van der Waals surface area contributed by atoms with Gasteiger partial charge in [0.1, 0.15) is 5.71 Å². The highest BCUT2D eigenvalue weighted by Crippen LogP contribution is 2.27. The standard InChI is InChI=1S/C18H22N4O/c1-13-9-15(7-6-14-4-5-14)10-21-18(13)17(22-19)12-20-11-16-3-2-8-23-16/h9-10,12,14,16H,2-5,8,11,19H2,1H3/b20-12?,22-17+. The average Bonchev–Trinajstić information content (AvgIpc) is 3.25. The van der Waals surface area contributed by atoms with E-state index in [1.54, 1.807) is 12.4 Å². The van der Waals surface area contributed by atoms with Gasteiger partial charge in [-0.2, -0.15) is 5.10 Å². The molecule has 2 heterocycles. The van der Waals surface area contributed by atoms with Gasteiger partial charge in [0, 0.05) is 24.3 Å². The van der Waals surface area contributed by atoms with Crippen LogP contribution in [0.15, 0.2) is 22.4 Å². The first-order valence-corrected chi connectivity index (χ1v) is 8.14. The summed E-state index contributed by atoms with van der Waals surface area (Å²) in [6, 6.07) is 2.02. The molecule has 1 aromatic rings. The van der Waals surface area contributed by atoms with Crippen molar-refractivity contribution in [3.8, 4) is 11.8 Å². The van der Waals surface area contributed by atoms with Crippen LogP contribution in [-0.4, -0.2) is 36.2 Å². The van der Waals surface area contributed by atoms with Crippen LogP contribution < -0.4 is 5.84 Å². The third-order valence-electron chi connectivity index (χ3n) is 4.00. The molecule has 0 radical (unpaired) electrons. The molecule has 2 fully saturated rings. The molecule has 23 heavy (non-hydrogen) atoms. The maximum Gasteiger partial charge on any atom is 0.126 e. The smallest absolute Gasteiger partial charge is 0.126 e. The highest BCUT2D eigenvalue weighted by molar-refractivity contribution is 6.37. The molecule has 1 aliphatic carbocycles. The van der Waals surface area contributed by atoms with Gasteiger partial charge in [0.25, 0.3) is 0 Å². The molecular formula is C18H22N4O. The number of hydrogen-bond acceptors (Lipinski definition) is 5. The van der Waals surface area contributed by atoms with Gasteiger partial charge < -0.3 is 10.6 Å². The first kappa shape index (κ1) is 15.7. The predicted octanol–water partition coefficient (Wildman–Crippen LogP) is 2.06. The van der Waals surface area contributed by atoms with Crippen LogP contribution in [0.3, 0.4) is 0 Å². The fourth-order valence-corrected chi connectivity index (χ4v) is 2.53. The summed E-state index contributed by atoms with van der Waals surface area (Å²) in [6.45, 7) is 3.47. The highest BCUT2D eigenvalue weighted by atomic mass is 16.5. The van der Waals surface area contributed by atoms with Crippen molar-refractivity contribution in [3.63, 3.8) is 0 Å². The molecule has 1 saturated heterocycles. The minimum Gasteiger partial charge on any atom is -0.376 e. The van der Waals surface area contributed by atoms with E-state index in [9.17, 15) is 0 Å². The molecule has 1 aromatic heterocycles. The Morgan fingerprint density at radius 2 is 2.35 bits per heavy atom. The van der Waals surface area contributed by atoms with Crippen molar-refractivity contribution in [1.82, 2.24) is 4.98 Å². The number of nitrogens with zero attached hydrogens (tertiary/aromatic N) is 3. The Bertz CT molecular complexity index is 674. The third kappa shape index (κ3) is 4.40. The van der Waals surface area contributed by atoms with E-state index in [1.165, 1.54) is 12.8 Å². The van der Waals surface area contributed by atoms with Crippen LogP contribution >= 0.6 is 0 Å². The molecule has 2 N–H and O–H groups in total. The fourth-order valence-electron chi connectivity index (χ4n) is 2.53. The van der Waals surface area contributed by atoms with E-state index in [1.807, 2.05) is 13.0 Å². The number of aromatic nitrogens is 1. The third-order valence-corrected chi connectivity index (χ3v) is 4.00. The zero-order valence-corrected chi connectivity index (χ0v) is 13.5. The Morgan fingerprint density at radius 3 is 3.00 bits per heavy atom. The van der Waals surface area contributed by atoms with E-state index in [0.717, 1.165) is 36.3 Å². The largest absolute Gasteiger partial charge is 0.376 e. The van der Waals surface area contributed by atoms with Gasteiger partial charge in [0.05, 0.1) is 24.6 Å². The van der Waals surface area contributed by atoms with Crippen molar-refractivity contribution >= 4 is 11.9 Å². The van der Waals surface area contributed by atoms with Gasteiger partial charge in [-0.15, -0.1) is 0 Å². The summed E-state index contributed by atoms with van der Waals surface area (Å²) in [4.78, 5) is 8.87. The van der Waals surface area contributed by atoms with Crippen molar-refractivity contribution in [2.24, 2.45) is 21.9 Å². The van der Waals surface area contributed by atoms with E-state index in [-0.39, 0.29) is 6.10 Å². The molecule has 0 amide bonds. The summed E-state index contributed by atoms with van der Waals surface area (Å²) in [5.74, 6) is 12.5. The molecule has 3 rings (SSSR count). The maximum absolute atomic E-state index is 5.55. The number of rotatable bonds is 4.